The van der Waals surface area contributed by atoms with E-state index in [1.54, 1.807) is 6.07 Å². The molecule has 20 heavy (non-hydrogen) atoms. The summed E-state index contributed by atoms with van der Waals surface area (Å²) < 4.78 is 27.2. The van der Waals surface area contributed by atoms with Crippen LogP contribution in [0.25, 0.3) is 0 Å². The van der Waals surface area contributed by atoms with Crippen molar-refractivity contribution in [1.82, 2.24) is 0 Å². The van der Waals surface area contributed by atoms with Crippen molar-refractivity contribution in [3.63, 3.8) is 0 Å². The number of anilines is 2. The topological polar surface area (TPSA) is 58.4 Å². The van der Waals surface area contributed by atoms with Crippen LogP contribution in [0.1, 0.15) is 10.4 Å². The van der Waals surface area contributed by atoms with Crippen molar-refractivity contribution in [2.75, 3.05) is 17.4 Å². The van der Waals surface area contributed by atoms with Gasteiger partial charge in [0.2, 0.25) is 0 Å². The van der Waals surface area contributed by atoms with E-state index in [1.807, 2.05) is 0 Å². The highest BCUT2D eigenvalue weighted by Gasteiger charge is 2.20. The van der Waals surface area contributed by atoms with Gasteiger partial charge in [-0.2, -0.15) is 0 Å². The van der Waals surface area contributed by atoms with Gasteiger partial charge in [0, 0.05) is 7.05 Å². The summed E-state index contributed by atoms with van der Waals surface area (Å²) in [5.41, 5.74) is 2.15. The number of hydrazine groups is 1. The number of carbonyl (C=O) groups is 1. The normalized spacial score (nSPS) is 10.2. The van der Waals surface area contributed by atoms with Crippen LogP contribution in [0.2, 0.25) is 0 Å². The largest absolute Gasteiger partial charge is 0.321 e. The molecule has 0 unspecified atom stereocenters. The average Bonchev–Trinajstić information content (AvgIpc) is 2.46. The lowest BCUT2D eigenvalue weighted by molar-refractivity contribution is 0.0992. The molecule has 0 aliphatic rings. The van der Waals surface area contributed by atoms with Crippen LogP contribution in [-0.2, 0) is 0 Å². The van der Waals surface area contributed by atoms with Gasteiger partial charge in [-0.1, -0.05) is 18.2 Å². The Balaban J connectivity index is 2.42. The summed E-state index contributed by atoms with van der Waals surface area (Å²) in [6, 6.07) is 9.81. The minimum absolute atomic E-state index is 0.0262. The number of hydrogen-bond acceptors (Lipinski definition) is 3. The maximum absolute atomic E-state index is 13.7. The molecule has 0 aromatic heterocycles. The Hall–Kier alpha value is -2.47. The number of rotatable bonds is 3. The average molecular weight is 277 g/mol. The number of halogens is 2. The molecular weight excluding hydrogens is 264 g/mol. The lowest BCUT2D eigenvalue weighted by Gasteiger charge is -2.19. The molecule has 6 heteroatoms. The van der Waals surface area contributed by atoms with E-state index in [1.165, 1.54) is 43.4 Å². The smallest absolute Gasteiger partial charge is 0.260 e. The third kappa shape index (κ3) is 2.46. The highest BCUT2D eigenvalue weighted by Crippen LogP contribution is 2.24. The van der Waals surface area contributed by atoms with E-state index in [9.17, 15) is 13.6 Å². The van der Waals surface area contributed by atoms with E-state index in [2.05, 4.69) is 5.43 Å². The first-order valence-electron chi connectivity index (χ1n) is 5.84. The maximum atomic E-state index is 13.7. The van der Waals surface area contributed by atoms with Gasteiger partial charge in [0.05, 0.1) is 16.9 Å². The van der Waals surface area contributed by atoms with E-state index in [0.717, 1.165) is 4.90 Å². The van der Waals surface area contributed by atoms with E-state index in [0.29, 0.717) is 0 Å². The van der Waals surface area contributed by atoms with Crippen molar-refractivity contribution >= 4 is 17.3 Å². The van der Waals surface area contributed by atoms with Crippen LogP contribution in [0.4, 0.5) is 20.2 Å². The fourth-order valence-electron chi connectivity index (χ4n) is 1.86. The number of hydrogen-bond donors (Lipinski definition) is 2. The van der Waals surface area contributed by atoms with Crippen LogP contribution in [0, 0.1) is 11.6 Å². The number of nitrogens with two attached hydrogens (primary N) is 1. The van der Waals surface area contributed by atoms with E-state index in [-0.39, 0.29) is 16.9 Å². The first-order valence-corrected chi connectivity index (χ1v) is 5.84. The van der Waals surface area contributed by atoms with Crippen molar-refractivity contribution in [2.24, 2.45) is 5.84 Å². The summed E-state index contributed by atoms with van der Waals surface area (Å²) in [7, 11) is 1.41. The molecule has 0 fully saturated rings. The van der Waals surface area contributed by atoms with Gasteiger partial charge < -0.3 is 10.3 Å². The second kappa shape index (κ2) is 5.66. The van der Waals surface area contributed by atoms with Crippen molar-refractivity contribution in [2.45, 2.75) is 0 Å². The molecule has 0 bridgehead atoms. The first kappa shape index (κ1) is 14.0. The predicted octanol–water partition coefficient (Wildman–Crippen LogP) is 2.53. The van der Waals surface area contributed by atoms with Gasteiger partial charge in [0.1, 0.15) is 11.6 Å². The summed E-state index contributed by atoms with van der Waals surface area (Å²) in [5, 5.41) is 0. The van der Waals surface area contributed by atoms with Gasteiger partial charge in [-0.3, -0.25) is 10.6 Å². The molecule has 2 aromatic carbocycles. The Morgan fingerprint density at radius 1 is 1.10 bits per heavy atom. The lowest BCUT2D eigenvalue weighted by Crippen LogP contribution is -2.28. The number of nitrogen functional groups attached to an aromatic ring is 1. The van der Waals surface area contributed by atoms with Crippen molar-refractivity contribution in [3.8, 4) is 0 Å². The Labute approximate surface area is 114 Å². The molecule has 4 nitrogen and oxygen atoms in total. The maximum Gasteiger partial charge on any atom is 0.260 e. The van der Waals surface area contributed by atoms with Gasteiger partial charge in [-0.15, -0.1) is 0 Å². The fourth-order valence-corrected chi connectivity index (χ4v) is 1.86. The minimum Gasteiger partial charge on any atom is -0.321 e. The Morgan fingerprint density at radius 2 is 1.75 bits per heavy atom. The highest BCUT2D eigenvalue weighted by molar-refractivity contribution is 6.09. The van der Waals surface area contributed by atoms with E-state index < -0.39 is 17.5 Å². The van der Waals surface area contributed by atoms with E-state index >= 15 is 0 Å². The summed E-state index contributed by atoms with van der Waals surface area (Å²) in [4.78, 5) is 13.4. The molecule has 2 aromatic rings. The Morgan fingerprint density at radius 3 is 2.40 bits per heavy atom. The van der Waals surface area contributed by atoms with Crippen LogP contribution in [0.3, 0.4) is 0 Å². The summed E-state index contributed by atoms with van der Waals surface area (Å²) in [5.74, 6) is 3.46. The standard InChI is InChI=1S/C14H13F2N3O/c1-19(12-8-3-2-6-10(12)15)14(20)9-5-4-7-11(16)13(9)18-17/h2-8,18H,17H2,1H3. The molecule has 2 rings (SSSR count). The van der Waals surface area contributed by atoms with Crippen LogP contribution in [-0.4, -0.2) is 13.0 Å². The zero-order valence-electron chi connectivity index (χ0n) is 10.7. The summed E-state index contributed by atoms with van der Waals surface area (Å²) in [6.07, 6.45) is 0. The third-order valence-corrected chi connectivity index (χ3v) is 2.91. The van der Waals surface area contributed by atoms with Gasteiger partial charge in [0.15, 0.2) is 0 Å². The molecule has 0 aliphatic carbocycles. The number of amides is 1. The molecule has 0 aliphatic heterocycles. The summed E-state index contributed by atoms with van der Waals surface area (Å²) >= 11 is 0. The molecular formula is C14H13F2N3O. The molecule has 0 heterocycles. The van der Waals surface area contributed by atoms with E-state index in [4.69, 9.17) is 5.84 Å². The zero-order valence-corrected chi connectivity index (χ0v) is 10.7. The highest BCUT2D eigenvalue weighted by atomic mass is 19.1. The van der Waals surface area contributed by atoms with Crippen LogP contribution < -0.4 is 16.2 Å². The number of benzene rings is 2. The molecule has 3 N–H and O–H groups in total. The summed E-state index contributed by atoms with van der Waals surface area (Å²) in [6.45, 7) is 0. The minimum atomic E-state index is -0.653. The van der Waals surface area contributed by atoms with Crippen molar-refractivity contribution < 1.29 is 13.6 Å². The van der Waals surface area contributed by atoms with Crippen LogP contribution >= 0.6 is 0 Å². The molecule has 0 spiro atoms. The second-order valence-corrected chi connectivity index (χ2v) is 4.12. The fraction of sp³-hybridized carbons (Fsp3) is 0.0714. The number of nitrogens with zero attached hydrogens (tertiary/aromatic N) is 1. The predicted molar refractivity (Wildman–Crippen MR) is 73.3 cm³/mol. The van der Waals surface area contributed by atoms with Gasteiger partial charge >= 0.3 is 0 Å². The zero-order chi connectivity index (χ0) is 14.7. The molecule has 1 amide bonds. The second-order valence-electron chi connectivity index (χ2n) is 4.12. The Bertz CT molecular complexity index is 646. The van der Waals surface area contributed by atoms with Crippen LogP contribution in [0.5, 0.6) is 0 Å². The monoisotopic (exact) mass is 277 g/mol. The van der Waals surface area contributed by atoms with Gasteiger partial charge in [0.25, 0.3) is 5.91 Å². The quantitative estimate of drug-likeness (QED) is 0.669. The number of para-hydroxylation sites is 2. The number of carbonyl (C=O) groups excluding carboxylic acids is 1. The van der Waals surface area contributed by atoms with Gasteiger partial charge in [-0.25, -0.2) is 8.78 Å². The van der Waals surface area contributed by atoms with Crippen LogP contribution in [0.15, 0.2) is 42.5 Å². The molecule has 0 radical (unpaired) electrons. The number of nitrogens with one attached hydrogen (secondary N) is 1. The molecule has 0 atom stereocenters. The first-order chi connectivity index (χ1) is 9.56. The Kier molecular flexibility index (Phi) is 3.95. The SMILES string of the molecule is CN(C(=O)c1cccc(F)c1NN)c1ccccc1F. The van der Waals surface area contributed by atoms with Gasteiger partial charge in [-0.05, 0) is 24.3 Å². The van der Waals surface area contributed by atoms with Crippen molar-refractivity contribution in [1.29, 1.82) is 0 Å². The molecule has 0 saturated carbocycles. The molecule has 104 valence electrons. The van der Waals surface area contributed by atoms with Crippen molar-refractivity contribution in [3.05, 3.63) is 59.7 Å². The molecule has 0 saturated heterocycles. The third-order valence-electron chi connectivity index (χ3n) is 2.91. The lowest BCUT2D eigenvalue weighted by atomic mass is 10.1.